The van der Waals surface area contributed by atoms with Gasteiger partial charge in [0.15, 0.2) is 0 Å². The summed E-state index contributed by atoms with van der Waals surface area (Å²) < 4.78 is 18.0. The van der Waals surface area contributed by atoms with E-state index in [4.69, 9.17) is 9.72 Å². The van der Waals surface area contributed by atoms with Crippen molar-refractivity contribution in [3.05, 3.63) is 76.5 Å². The first-order valence-electron chi connectivity index (χ1n) is 9.40. The largest absolute Gasteiger partial charge is 0.465 e. The number of ether oxygens (including phenoxy) is 1. The summed E-state index contributed by atoms with van der Waals surface area (Å²) >= 11 is 1.56. The number of carbonyl (C=O) groups is 1. The molecule has 4 nitrogen and oxygen atoms in total. The smallest absolute Gasteiger partial charge is 0.337 e. The van der Waals surface area contributed by atoms with Gasteiger partial charge in [-0.3, -0.25) is 0 Å². The quantitative estimate of drug-likeness (QED) is 0.535. The van der Waals surface area contributed by atoms with Gasteiger partial charge < -0.3 is 10.1 Å². The highest BCUT2D eigenvalue weighted by Crippen LogP contribution is 2.33. The fraction of sp³-hybridized carbons (Fsp3) is 0.304. The number of hydrogen-bond donors (Lipinski definition) is 1. The predicted octanol–water partition coefficient (Wildman–Crippen LogP) is 5.61. The Morgan fingerprint density at radius 1 is 1.14 bits per heavy atom. The average molecular weight is 413 g/mol. The first kappa shape index (κ1) is 21.1. The number of hydrogen-bond acceptors (Lipinski definition) is 5. The van der Waals surface area contributed by atoms with E-state index in [1.54, 1.807) is 23.5 Å². The monoisotopic (exact) mass is 412 g/mol. The summed E-state index contributed by atoms with van der Waals surface area (Å²) in [6, 6.07) is 13.9. The second-order valence-corrected chi connectivity index (χ2v) is 8.80. The average Bonchev–Trinajstić information content (AvgIpc) is 3.17. The Kier molecular flexibility index (Phi) is 6.45. The standard InChI is InChI=1S/C23H25FN2O2S/c1-23(2,3)20(15-9-11-18(24)12-10-15)25-13-19-14-29-21(26-19)16-5-7-17(8-6-16)22(27)28-4/h5-12,14,20,25H,13H2,1-4H3. The summed E-state index contributed by atoms with van der Waals surface area (Å²) in [6.45, 7) is 7.08. The van der Waals surface area contributed by atoms with Crippen molar-refractivity contribution in [2.45, 2.75) is 33.4 Å². The molecule has 0 spiro atoms. The van der Waals surface area contributed by atoms with E-state index in [-0.39, 0.29) is 23.2 Å². The van der Waals surface area contributed by atoms with Crippen molar-refractivity contribution >= 4 is 17.3 Å². The van der Waals surface area contributed by atoms with E-state index in [0.717, 1.165) is 21.8 Å². The van der Waals surface area contributed by atoms with Crippen molar-refractivity contribution in [3.63, 3.8) is 0 Å². The molecule has 6 heteroatoms. The number of nitrogens with one attached hydrogen (secondary N) is 1. The summed E-state index contributed by atoms with van der Waals surface area (Å²) in [6.07, 6.45) is 0. The number of esters is 1. The maximum Gasteiger partial charge on any atom is 0.337 e. The van der Waals surface area contributed by atoms with Gasteiger partial charge in [-0.15, -0.1) is 11.3 Å². The van der Waals surface area contributed by atoms with Gasteiger partial charge in [0.1, 0.15) is 10.8 Å². The fourth-order valence-corrected chi connectivity index (χ4v) is 4.00. The number of nitrogens with zero attached hydrogens (tertiary/aromatic N) is 1. The van der Waals surface area contributed by atoms with E-state index in [1.165, 1.54) is 19.2 Å². The summed E-state index contributed by atoms with van der Waals surface area (Å²) in [4.78, 5) is 16.3. The molecule has 29 heavy (non-hydrogen) atoms. The van der Waals surface area contributed by atoms with E-state index >= 15 is 0 Å². The molecule has 1 atom stereocenters. The van der Waals surface area contributed by atoms with Crippen LogP contribution in [0.5, 0.6) is 0 Å². The van der Waals surface area contributed by atoms with Crippen LogP contribution < -0.4 is 5.32 Å². The molecule has 1 aromatic heterocycles. The minimum Gasteiger partial charge on any atom is -0.465 e. The molecule has 0 aliphatic carbocycles. The van der Waals surface area contributed by atoms with E-state index in [9.17, 15) is 9.18 Å². The normalized spacial score (nSPS) is 12.6. The second-order valence-electron chi connectivity index (χ2n) is 7.94. The van der Waals surface area contributed by atoms with Crippen LogP contribution in [0.2, 0.25) is 0 Å². The molecule has 1 unspecified atom stereocenters. The molecule has 0 saturated carbocycles. The molecule has 2 aromatic carbocycles. The lowest BCUT2D eigenvalue weighted by atomic mass is 9.82. The Labute approximate surface area is 174 Å². The van der Waals surface area contributed by atoms with E-state index in [0.29, 0.717) is 12.1 Å². The van der Waals surface area contributed by atoms with Gasteiger partial charge in [-0.25, -0.2) is 14.2 Å². The number of thiazole rings is 1. The number of halogens is 1. The maximum absolute atomic E-state index is 13.3. The molecule has 3 aromatic rings. The number of aromatic nitrogens is 1. The molecular formula is C23H25FN2O2S. The molecule has 0 fully saturated rings. The second kappa shape index (κ2) is 8.84. The minimum atomic E-state index is -0.352. The maximum atomic E-state index is 13.3. The lowest BCUT2D eigenvalue weighted by Gasteiger charge is -2.32. The molecule has 0 aliphatic heterocycles. The zero-order chi connectivity index (χ0) is 21.0. The Bertz CT molecular complexity index is 960. The topological polar surface area (TPSA) is 51.2 Å². The van der Waals surface area contributed by atoms with Gasteiger partial charge in [0, 0.05) is 23.5 Å². The van der Waals surface area contributed by atoms with Crippen LogP contribution in [0.3, 0.4) is 0 Å². The van der Waals surface area contributed by atoms with Crippen molar-refractivity contribution < 1.29 is 13.9 Å². The molecule has 0 bridgehead atoms. The molecule has 0 aliphatic rings. The zero-order valence-corrected chi connectivity index (χ0v) is 17.8. The number of methoxy groups -OCH3 is 1. The Hall–Kier alpha value is -2.57. The van der Waals surface area contributed by atoms with Crippen molar-refractivity contribution in [1.82, 2.24) is 10.3 Å². The molecular weight excluding hydrogens is 387 g/mol. The van der Waals surface area contributed by atoms with E-state index < -0.39 is 0 Å². The Morgan fingerprint density at radius 3 is 2.38 bits per heavy atom. The number of rotatable bonds is 6. The van der Waals surface area contributed by atoms with Gasteiger partial charge >= 0.3 is 5.97 Å². The third kappa shape index (κ3) is 5.28. The van der Waals surface area contributed by atoms with Gasteiger partial charge in [0.25, 0.3) is 0 Å². The lowest BCUT2D eigenvalue weighted by molar-refractivity contribution is 0.0600. The fourth-order valence-electron chi connectivity index (χ4n) is 3.17. The van der Waals surface area contributed by atoms with Crippen LogP contribution in [0.25, 0.3) is 10.6 Å². The first-order valence-corrected chi connectivity index (χ1v) is 10.3. The van der Waals surface area contributed by atoms with Crippen LogP contribution in [-0.4, -0.2) is 18.1 Å². The third-order valence-electron chi connectivity index (χ3n) is 4.66. The van der Waals surface area contributed by atoms with Crippen molar-refractivity contribution in [2.24, 2.45) is 5.41 Å². The van der Waals surface area contributed by atoms with Gasteiger partial charge in [-0.1, -0.05) is 45.0 Å². The number of carbonyl (C=O) groups excluding carboxylic acids is 1. The van der Waals surface area contributed by atoms with Crippen LogP contribution >= 0.6 is 11.3 Å². The van der Waals surface area contributed by atoms with E-state index in [2.05, 4.69) is 26.1 Å². The number of benzene rings is 2. The Balaban J connectivity index is 1.71. The third-order valence-corrected chi connectivity index (χ3v) is 5.60. The molecule has 3 rings (SSSR count). The van der Waals surface area contributed by atoms with Crippen molar-refractivity contribution in [3.8, 4) is 10.6 Å². The van der Waals surface area contributed by atoms with Crippen LogP contribution in [0.4, 0.5) is 4.39 Å². The van der Waals surface area contributed by atoms with Crippen molar-refractivity contribution in [1.29, 1.82) is 0 Å². The molecule has 0 radical (unpaired) electrons. The molecule has 1 N–H and O–H groups in total. The molecule has 1 heterocycles. The lowest BCUT2D eigenvalue weighted by Crippen LogP contribution is -2.32. The van der Waals surface area contributed by atoms with Gasteiger partial charge in [-0.2, -0.15) is 0 Å². The summed E-state index contributed by atoms with van der Waals surface area (Å²) in [5.41, 5.74) is 3.42. The summed E-state index contributed by atoms with van der Waals surface area (Å²) in [7, 11) is 1.37. The van der Waals surface area contributed by atoms with Gasteiger partial charge in [0.2, 0.25) is 0 Å². The van der Waals surface area contributed by atoms with Gasteiger partial charge in [0.05, 0.1) is 18.4 Å². The SMILES string of the molecule is COC(=O)c1ccc(-c2nc(CNC(c3ccc(F)cc3)C(C)(C)C)cs2)cc1. The molecule has 152 valence electrons. The molecule has 0 saturated heterocycles. The predicted molar refractivity (Wildman–Crippen MR) is 114 cm³/mol. The zero-order valence-electron chi connectivity index (χ0n) is 17.0. The summed E-state index contributed by atoms with van der Waals surface area (Å²) in [5.74, 6) is -0.585. The van der Waals surface area contributed by atoms with Crippen molar-refractivity contribution in [2.75, 3.05) is 7.11 Å². The van der Waals surface area contributed by atoms with Crippen LogP contribution in [-0.2, 0) is 11.3 Å². The highest BCUT2D eigenvalue weighted by Gasteiger charge is 2.26. The van der Waals surface area contributed by atoms with Gasteiger partial charge in [-0.05, 0) is 35.2 Å². The highest BCUT2D eigenvalue weighted by molar-refractivity contribution is 7.13. The Morgan fingerprint density at radius 2 is 1.79 bits per heavy atom. The van der Waals surface area contributed by atoms with E-state index in [1.807, 2.05) is 29.6 Å². The highest BCUT2D eigenvalue weighted by atomic mass is 32.1. The van der Waals surface area contributed by atoms with Crippen LogP contribution in [0.1, 0.15) is 48.4 Å². The summed E-state index contributed by atoms with van der Waals surface area (Å²) in [5, 5.41) is 6.49. The van der Waals surface area contributed by atoms with Crippen LogP contribution in [0, 0.1) is 11.2 Å². The molecule has 0 amide bonds. The van der Waals surface area contributed by atoms with Crippen LogP contribution in [0.15, 0.2) is 53.9 Å². The minimum absolute atomic E-state index is 0.0413. The first-order chi connectivity index (χ1) is 13.8.